The average Bonchev–Trinajstić information content (AvgIpc) is 3.27. The van der Waals surface area contributed by atoms with Crippen molar-refractivity contribution in [1.29, 1.82) is 0 Å². The third kappa shape index (κ3) is 3.54. The zero-order valence-corrected chi connectivity index (χ0v) is 14.6. The largest absolute Gasteiger partial charge is 0.423 e. The average molecular weight is 365 g/mol. The molecule has 2 aromatic rings. The minimum absolute atomic E-state index is 0.0129. The van der Waals surface area contributed by atoms with Crippen molar-refractivity contribution in [1.82, 2.24) is 20.1 Å². The highest BCUT2D eigenvalue weighted by atomic mass is 32.2. The molecule has 2 aromatic heterocycles. The van der Waals surface area contributed by atoms with Gasteiger partial charge < -0.3 is 9.32 Å². The number of aromatic nitrogens is 3. The second-order valence-electron chi connectivity index (χ2n) is 5.88. The van der Waals surface area contributed by atoms with Crippen LogP contribution in [0.2, 0.25) is 0 Å². The summed E-state index contributed by atoms with van der Waals surface area (Å²) in [7, 11) is -4.12. The first-order valence-electron chi connectivity index (χ1n) is 8.04. The first-order chi connectivity index (χ1) is 11.9. The SMILES string of the molecule is CCCc1c(-c2nnco2)cc(C(=O)N2CCCC2)nc1S(N)(=O)=O. The fourth-order valence-electron chi connectivity index (χ4n) is 2.95. The van der Waals surface area contributed by atoms with Gasteiger partial charge >= 0.3 is 0 Å². The van der Waals surface area contributed by atoms with Crippen LogP contribution in [0.25, 0.3) is 11.5 Å². The Balaban J connectivity index is 2.20. The normalized spacial score (nSPS) is 14.9. The van der Waals surface area contributed by atoms with Crippen LogP contribution in [0.5, 0.6) is 0 Å². The van der Waals surface area contributed by atoms with Crippen molar-refractivity contribution in [2.24, 2.45) is 5.14 Å². The Kier molecular flexibility index (Phi) is 4.82. The van der Waals surface area contributed by atoms with Crippen LogP contribution in [0.4, 0.5) is 0 Å². The summed E-state index contributed by atoms with van der Waals surface area (Å²) in [5.41, 5.74) is 0.770. The Hall–Kier alpha value is -2.33. The molecule has 0 spiro atoms. The highest BCUT2D eigenvalue weighted by Gasteiger charge is 2.28. The summed E-state index contributed by atoms with van der Waals surface area (Å²) in [6.07, 6.45) is 4.03. The number of amides is 1. The van der Waals surface area contributed by atoms with Crippen LogP contribution in [-0.4, -0.2) is 47.5 Å². The highest BCUT2D eigenvalue weighted by molar-refractivity contribution is 7.89. The van der Waals surface area contributed by atoms with Crippen LogP contribution >= 0.6 is 0 Å². The standard InChI is InChI=1S/C15H19N5O4S/c1-2-5-10-11(13-19-17-9-24-13)8-12(18-14(10)25(16,22)23)15(21)20-6-3-4-7-20/h8-9H,2-7H2,1H3,(H2,16,22,23). The molecule has 3 heterocycles. The van der Waals surface area contributed by atoms with E-state index in [4.69, 9.17) is 9.56 Å². The van der Waals surface area contributed by atoms with E-state index in [9.17, 15) is 13.2 Å². The summed E-state index contributed by atoms with van der Waals surface area (Å²) in [5.74, 6) is -0.197. The lowest BCUT2D eigenvalue weighted by molar-refractivity contribution is 0.0786. The number of nitrogens with zero attached hydrogens (tertiary/aromatic N) is 4. The van der Waals surface area contributed by atoms with Crippen molar-refractivity contribution in [2.75, 3.05) is 13.1 Å². The predicted octanol–water partition coefficient (Wildman–Crippen LogP) is 0.968. The topological polar surface area (TPSA) is 132 Å². The van der Waals surface area contributed by atoms with Crippen LogP contribution < -0.4 is 5.14 Å². The molecule has 9 nitrogen and oxygen atoms in total. The van der Waals surface area contributed by atoms with Crippen molar-refractivity contribution in [3.05, 3.63) is 23.7 Å². The summed E-state index contributed by atoms with van der Waals surface area (Å²) in [5, 5.41) is 12.5. The minimum atomic E-state index is -4.12. The van der Waals surface area contributed by atoms with E-state index in [0.29, 0.717) is 37.1 Å². The van der Waals surface area contributed by atoms with Crippen molar-refractivity contribution < 1.29 is 17.6 Å². The van der Waals surface area contributed by atoms with Gasteiger partial charge in [0.1, 0.15) is 5.69 Å². The Morgan fingerprint density at radius 1 is 1.36 bits per heavy atom. The number of carbonyl (C=O) groups excluding carboxylic acids is 1. The lowest BCUT2D eigenvalue weighted by atomic mass is 10.0. The number of hydrogen-bond donors (Lipinski definition) is 1. The Labute approximate surface area is 145 Å². The molecule has 2 N–H and O–H groups in total. The number of sulfonamides is 1. The van der Waals surface area contributed by atoms with E-state index in [-0.39, 0.29) is 22.5 Å². The van der Waals surface area contributed by atoms with E-state index >= 15 is 0 Å². The van der Waals surface area contributed by atoms with Crippen LogP contribution in [0, 0.1) is 0 Å². The van der Waals surface area contributed by atoms with Gasteiger partial charge in [-0.3, -0.25) is 4.79 Å². The predicted molar refractivity (Wildman–Crippen MR) is 88.0 cm³/mol. The molecule has 1 aliphatic rings. The molecule has 0 radical (unpaired) electrons. The molecule has 1 aliphatic heterocycles. The van der Waals surface area contributed by atoms with Crippen LogP contribution in [-0.2, 0) is 16.4 Å². The molecule has 25 heavy (non-hydrogen) atoms. The summed E-state index contributed by atoms with van der Waals surface area (Å²) in [6, 6.07) is 1.51. The van der Waals surface area contributed by atoms with Gasteiger partial charge in [0.05, 0.1) is 0 Å². The molecule has 3 rings (SSSR count). The van der Waals surface area contributed by atoms with Crippen molar-refractivity contribution >= 4 is 15.9 Å². The van der Waals surface area contributed by atoms with Gasteiger partial charge in [-0.25, -0.2) is 18.5 Å². The number of nitrogens with two attached hydrogens (primary N) is 1. The number of primary sulfonamides is 1. The molecule has 134 valence electrons. The van der Waals surface area contributed by atoms with Gasteiger partial charge in [-0.1, -0.05) is 13.3 Å². The second kappa shape index (κ2) is 6.89. The van der Waals surface area contributed by atoms with Gasteiger partial charge in [0.2, 0.25) is 12.3 Å². The van der Waals surface area contributed by atoms with Crippen molar-refractivity contribution in [3.8, 4) is 11.5 Å². The molecule has 1 amide bonds. The number of rotatable bonds is 5. The minimum Gasteiger partial charge on any atom is -0.423 e. The Morgan fingerprint density at radius 3 is 2.64 bits per heavy atom. The van der Waals surface area contributed by atoms with E-state index in [1.807, 2.05) is 6.92 Å². The number of likely N-dealkylation sites (tertiary alicyclic amines) is 1. The molecule has 0 aliphatic carbocycles. The van der Waals surface area contributed by atoms with Gasteiger partial charge in [0, 0.05) is 24.2 Å². The molecule has 0 saturated carbocycles. The first kappa shape index (κ1) is 17.5. The van der Waals surface area contributed by atoms with Gasteiger partial charge in [-0.15, -0.1) is 10.2 Å². The lowest BCUT2D eigenvalue weighted by Crippen LogP contribution is -2.29. The van der Waals surface area contributed by atoms with Gasteiger partial charge in [-0.05, 0) is 25.3 Å². The molecule has 0 bridgehead atoms. The van der Waals surface area contributed by atoms with Crippen molar-refractivity contribution in [2.45, 2.75) is 37.6 Å². The summed E-state index contributed by atoms with van der Waals surface area (Å²) >= 11 is 0. The van der Waals surface area contributed by atoms with E-state index in [1.165, 1.54) is 6.07 Å². The second-order valence-corrected chi connectivity index (χ2v) is 7.35. The summed E-state index contributed by atoms with van der Waals surface area (Å²) in [6.45, 7) is 3.14. The summed E-state index contributed by atoms with van der Waals surface area (Å²) in [4.78, 5) is 18.4. The lowest BCUT2D eigenvalue weighted by Gasteiger charge is -2.17. The van der Waals surface area contributed by atoms with Gasteiger partial charge in [-0.2, -0.15) is 0 Å². The fraction of sp³-hybridized carbons (Fsp3) is 0.467. The molecule has 0 aromatic carbocycles. The van der Waals surface area contributed by atoms with Crippen molar-refractivity contribution in [3.63, 3.8) is 0 Å². The zero-order chi connectivity index (χ0) is 18.0. The third-order valence-corrected chi connectivity index (χ3v) is 4.94. The molecular formula is C15H19N5O4S. The van der Waals surface area contributed by atoms with Crippen LogP contribution in [0.3, 0.4) is 0 Å². The molecule has 0 unspecified atom stereocenters. The van der Waals surface area contributed by atoms with Gasteiger partial charge in [0.15, 0.2) is 5.03 Å². The van der Waals surface area contributed by atoms with E-state index < -0.39 is 10.0 Å². The number of hydrogen-bond acceptors (Lipinski definition) is 7. The molecular weight excluding hydrogens is 346 g/mol. The van der Waals surface area contributed by atoms with Gasteiger partial charge in [0.25, 0.3) is 15.9 Å². The molecule has 1 fully saturated rings. The Morgan fingerprint density at radius 2 is 2.08 bits per heavy atom. The fourth-order valence-corrected chi connectivity index (χ4v) is 3.73. The maximum Gasteiger partial charge on any atom is 0.272 e. The zero-order valence-electron chi connectivity index (χ0n) is 13.8. The smallest absolute Gasteiger partial charge is 0.272 e. The third-order valence-electron chi connectivity index (χ3n) is 4.06. The van der Waals surface area contributed by atoms with Crippen LogP contribution in [0.1, 0.15) is 42.2 Å². The molecule has 10 heteroatoms. The molecule has 1 saturated heterocycles. The monoisotopic (exact) mass is 365 g/mol. The summed E-state index contributed by atoms with van der Waals surface area (Å²) < 4.78 is 29.4. The molecule has 0 atom stereocenters. The number of pyridine rings is 1. The number of carbonyl (C=O) groups is 1. The van der Waals surface area contributed by atoms with E-state index in [0.717, 1.165) is 19.2 Å². The first-order valence-corrected chi connectivity index (χ1v) is 9.59. The highest BCUT2D eigenvalue weighted by Crippen LogP contribution is 2.29. The van der Waals surface area contributed by atoms with E-state index in [2.05, 4.69) is 15.2 Å². The maximum absolute atomic E-state index is 12.7. The van der Waals surface area contributed by atoms with E-state index in [1.54, 1.807) is 4.90 Å². The quantitative estimate of drug-likeness (QED) is 0.834. The maximum atomic E-state index is 12.7. The Bertz CT molecular complexity index is 874. The van der Waals surface area contributed by atoms with Crippen LogP contribution in [0.15, 0.2) is 21.9 Å².